The van der Waals surface area contributed by atoms with Crippen LogP contribution in [0.5, 0.6) is 0 Å². The van der Waals surface area contributed by atoms with Crippen LogP contribution < -0.4 is 0 Å². The largest absolute Gasteiger partial charge is 0.396 e. The summed E-state index contributed by atoms with van der Waals surface area (Å²) >= 11 is 0. The van der Waals surface area contributed by atoms with E-state index in [9.17, 15) is 13.2 Å². The third kappa shape index (κ3) is 3.51. The average molecular weight is 311 g/mol. The molecule has 116 valence electrons. The Balaban J connectivity index is 2.25. The normalized spacial score (nSPS) is 23.3. The minimum absolute atomic E-state index is 0.0668. The van der Waals surface area contributed by atoms with E-state index in [1.807, 2.05) is 4.90 Å². The molecule has 1 fully saturated rings. The Morgan fingerprint density at radius 2 is 1.95 bits per heavy atom. The number of rotatable bonds is 6. The molecule has 0 aromatic heterocycles. The topological polar surface area (TPSA) is 74.7 Å². The molecule has 21 heavy (non-hydrogen) atoms. The molecule has 0 aliphatic carbocycles. The second-order valence-electron chi connectivity index (χ2n) is 5.45. The van der Waals surface area contributed by atoms with E-state index < -0.39 is 21.0 Å². The molecule has 0 radical (unpaired) electrons. The van der Waals surface area contributed by atoms with Crippen LogP contribution in [0.15, 0.2) is 35.2 Å². The second-order valence-corrected chi connectivity index (χ2v) is 7.62. The zero-order valence-electron chi connectivity index (χ0n) is 12.1. The van der Waals surface area contributed by atoms with Gasteiger partial charge >= 0.3 is 0 Å². The van der Waals surface area contributed by atoms with Crippen LogP contribution in [0.4, 0.5) is 0 Å². The van der Waals surface area contributed by atoms with Crippen molar-refractivity contribution in [1.82, 2.24) is 4.90 Å². The van der Waals surface area contributed by atoms with Crippen LogP contribution in [0.1, 0.15) is 13.3 Å². The van der Waals surface area contributed by atoms with Gasteiger partial charge in [0.25, 0.3) is 0 Å². The molecule has 2 atom stereocenters. The molecule has 0 bridgehead atoms. The Morgan fingerprint density at radius 3 is 2.52 bits per heavy atom. The molecule has 1 aromatic rings. The molecule has 1 heterocycles. The number of aliphatic hydroxyl groups excluding tert-OH is 1. The molecule has 1 aliphatic rings. The van der Waals surface area contributed by atoms with Gasteiger partial charge in [-0.3, -0.25) is 4.79 Å². The van der Waals surface area contributed by atoms with Crippen molar-refractivity contribution < 1.29 is 18.3 Å². The minimum atomic E-state index is -3.52. The fraction of sp³-hybridized carbons (Fsp3) is 0.533. The molecule has 0 spiro atoms. The van der Waals surface area contributed by atoms with Crippen LogP contribution in [0.2, 0.25) is 0 Å². The van der Waals surface area contributed by atoms with Crippen molar-refractivity contribution in [3.05, 3.63) is 30.3 Å². The van der Waals surface area contributed by atoms with Crippen molar-refractivity contribution >= 4 is 15.6 Å². The van der Waals surface area contributed by atoms with E-state index in [0.717, 1.165) is 0 Å². The number of aliphatic hydroxyl groups is 1. The summed E-state index contributed by atoms with van der Waals surface area (Å²) in [5.74, 6) is -0.583. The van der Waals surface area contributed by atoms with Gasteiger partial charge in [-0.1, -0.05) is 18.2 Å². The average Bonchev–Trinajstić information content (AvgIpc) is 2.91. The molecular formula is C15H21NO4S. The van der Waals surface area contributed by atoms with Crippen molar-refractivity contribution in [2.75, 3.05) is 26.2 Å². The van der Waals surface area contributed by atoms with Crippen LogP contribution in [0.25, 0.3) is 0 Å². The molecular weight excluding hydrogens is 290 g/mol. The molecule has 0 amide bonds. The first-order valence-electron chi connectivity index (χ1n) is 7.09. The van der Waals surface area contributed by atoms with Gasteiger partial charge in [0, 0.05) is 32.2 Å². The van der Waals surface area contributed by atoms with E-state index in [1.165, 1.54) is 6.92 Å². The lowest BCUT2D eigenvalue weighted by molar-refractivity contribution is -0.120. The Kier molecular flexibility index (Phi) is 5.13. The second kappa shape index (κ2) is 6.68. The zero-order valence-corrected chi connectivity index (χ0v) is 12.9. The maximum atomic E-state index is 12.7. The Morgan fingerprint density at radius 1 is 1.29 bits per heavy atom. The highest BCUT2D eigenvalue weighted by molar-refractivity contribution is 7.92. The lowest BCUT2D eigenvalue weighted by atomic mass is 10.0. The predicted octanol–water partition coefficient (Wildman–Crippen LogP) is 0.732. The minimum Gasteiger partial charge on any atom is -0.396 e. The van der Waals surface area contributed by atoms with Crippen LogP contribution in [-0.2, 0) is 14.6 Å². The number of benzene rings is 1. The van der Waals surface area contributed by atoms with Crippen molar-refractivity contribution in [2.45, 2.75) is 23.5 Å². The number of hydrogen-bond donors (Lipinski definition) is 1. The van der Waals surface area contributed by atoms with E-state index in [2.05, 4.69) is 0 Å². The van der Waals surface area contributed by atoms with E-state index in [0.29, 0.717) is 26.1 Å². The third-order valence-corrected chi connectivity index (χ3v) is 6.17. The molecule has 6 heteroatoms. The first kappa shape index (κ1) is 16.1. The number of carbonyl (C=O) groups excluding carboxylic acids is 1. The van der Waals surface area contributed by atoms with Crippen molar-refractivity contribution in [3.8, 4) is 0 Å². The molecule has 1 aliphatic heterocycles. The predicted molar refractivity (Wildman–Crippen MR) is 79.7 cm³/mol. The number of hydrogen-bond acceptors (Lipinski definition) is 5. The maximum Gasteiger partial charge on any atom is 0.183 e. The van der Waals surface area contributed by atoms with Crippen LogP contribution in [0, 0.1) is 5.92 Å². The Labute approximate surface area is 125 Å². The number of carbonyl (C=O) groups is 1. The Hall–Kier alpha value is -1.24. The maximum absolute atomic E-state index is 12.7. The van der Waals surface area contributed by atoms with Gasteiger partial charge in [0.1, 0.15) is 5.78 Å². The first-order valence-corrected chi connectivity index (χ1v) is 8.64. The summed E-state index contributed by atoms with van der Waals surface area (Å²) in [4.78, 5) is 14.0. The van der Waals surface area contributed by atoms with Gasteiger partial charge in [0.15, 0.2) is 9.84 Å². The molecule has 0 unspecified atom stereocenters. The number of likely N-dealkylation sites (tertiary alicyclic amines) is 1. The van der Waals surface area contributed by atoms with Gasteiger partial charge in [-0.15, -0.1) is 0 Å². The fourth-order valence-corrected chi connectivity index (χ4v) is 4.82. The van der Waals surface area contributed by atoms with Gasteiger partial charge in [0.05, 0.1) is 10.1 Å². The molecule has 5 nitrogen and oxygen atoms in total. The third-order valence-electron chi connectivity index (χ3n) is 3.97. The Bertz CT molecular complexity index is 585. The smallest absolute Gasteiger partial charge is 0.183 e. The van der Waals surface area contributed by atoms with E-state index >= 15 is 0 Å². The van der Waals surface area contributed by atoms with E-state index in [4.69, 9.17) is 5.11 Å². The number of ketones is 1. The van der Waals surface area contributed by atoms with Crippen molar-refractivity contribution in [1.29, 1.82) is 0 Å². The van der Waals surface area contributed by atoms with Crippen LogP contribution in [-0.4, -0.2) is 55.7 Å². The monoisotopic (exact) mass is 311 g/mol. The quantitative estimate of drug-likeness (QED) is 0.838. The molecule has 1 saturated heterocycles. The molecule has 1 aromatic carbocycles. The first-order chi connectivity index (χ1) is 9.96. The van der Waals surface area contributed by atoms with Crippen LogP contribution in [0.3, 0.4) is 0 Å². The lowest BCUT2D eigenvalue weighted by Gasteiger charge is -2.16. The van der Waals surface area contributed by atoms with Crippen molar-refractivity contribution in [3.63, 3.8) is 0 Å². The molecule has 0 saturated carbocycles. The highest BCUT2D eigenvalue weighted by atomic mass is 32.2. The summed E-state index contributed by atoms with van der Waals surface area (Å²) in [6, 6.07) is 8.29. The number of nitrogens with zero attached hydrogens (tertiary/aromatic N) is 1. The van der Waals surface area contributed by atoms with Gasteiger partial charge < -0.3 is 10.0 Å². The summed E-state index contributed by atoms with van der Waals surface area (Å²) in [5, 5.41) is 8.20. The van der Waals surface area contributed by atoms with Gasteiger partial charge in [0.2, 0.25) is 0 Å². The van der Waals surface area contributed by atoms with Crippen LogP contribution >= 0.6 is 0 Å². The van der Waals surface area contributed by atoms with Crippen molar-refractivity contribution in [2.24, 2.45) is 5.92 Å². The standard InChI is InChI=1S/C15H21NO4S/c1-12(18)14-10-16(8-5-9-17)11-15(14)21(19,20)13-6-3-2-4-7-13/h2-4,6-7,14-15,17H,5,8-11H2,1H3/t14-,15+/m0/s1. The molecule has 2 rings (SSSR count). The highest BCUT2D eigenvalue weighted by Crippen LogP contribution is 2.29. The summed E-state index contributed by atoms with van der Waals surface area (Å²) in [7, 11) is -3.52. The molecule has 1 N–H and O–H groups in total. The summed E-state index contributed by atoms with van der Waals surface area (Å²) in [6.07, 6.45) is 0.586. The fourth-order valence-electron chi connectivity index (χ4n) is 2.82. The van der Waals surface area contributed by atoms with Gasteiger partial charge in [-0.25, -0.2) is 8.42 Å². The van der Waals surface area contributed by atoms with E-state index in [-0.39, 0.29) is 17.3 Å². The number of Topliss-reactive ketones (excluding diaryl/α,β-unsaturated/α-hetero) is 1. The number of sulfone groups is 1. The summed E-state index contributed by atoms with van der Waals surface area (Å²) in [6.45, 7) is 2.93. The zero-order chi connectivity index (χ0) is 15.5. The van der Waals surface area contributed by atoms with Gasteiger partial charge in [-0.05, 0) is 25.5 Å². The van der Waals surface area contributed by atoms with E-state index in [1.54, 1.807) is 30.3 Å². The summed E-state index contributed by atoms with van der Waals surface area (Å²) < 4.78 is 25.5. The van der Waals surface area contributed by atoms with Gasteiger partial charge in [-0.2, -0.15) is 0 Å². The SMILES string of the molecule is CC(=O)[C@@H]1CN(CCCO)C[C@H]1S(=O)(=O)c1ccccc1. The highest BCUT2D eigenvalue weighted by Gasteiger charge is 2.43. The summed E-state index contributed by atoms with van der Waals surface area (Å²) in [5.41, 5.74) is 0. The lowest BCUT2D eigenvalue weighted by Crippen LogP contribution is -2.33.